The summed E-state index contributed by atoms with van der Waals surface area (Å²) in [4.78, 5) is 6.77. The Labute approximate surface area is 120 Å². The lowest BCUT2D eigenvalue weighted by Crippen LogP contribution is -2.33. The van der Waals surface area contributed by atoms with Crippen LogP contribution in [0.5, 0.6) is 0 Å². The van der Waals surface area contributed by atoms with E-state index in [1.807, 2.05) is 18.5 Å². The summed E-state index contributed by atoms with van der Waals surface area (Å²) in [6.07, 6.45) is 6.35. The van der Waals surface area contributed by atoms with Gasteiger partial charge in [0.1, 0.15) is 0 Å². The summed E-state index contributed by atoms with van der Waals surface area (Å²) in [5.74, 6) is 0. The van der Waals surface area contributed by atoms with E-state index in [0.717, 1.165) is 18.8 Å². The molecule has 1 atom stereocenters. The highest BCUT2D eigenvalue weighted by Gasteiger charge is 2.25. The van der Waals surface area contributed by atoms with Crippen LogP contribution in [0.15, 0.2) is 30.6 Å². The normalized spacial score (nSPS) is 19.6. The van der Waals surface area contributed by atoms with Gasteiger partial charge in [-0.05, 0) is 50.9 Å². The molecule has 1 fully saturated rings. The van der Waals surface area contributed by atoms with Crippen LogP contribution in [0.4, 0.5) is 0 Å². The molecule has 0 aromatic carbocycles. The van der Waals surface area contributed by atoms with Crippen molar-refractivity contribution in [1.29, 1.82) is 0 Å². The lowest BCUT2D eigenvalue weighted by molar-refractivity contribution is 0.218. The fraction of sp³-hybridized carbons (Fsp3) is 0.500. The maximum atomic E-state index is 4.59. The van der Waals surface area contributed by atoms with Gasteiger partial charge in [0.15, 0.2) is 0 Å². The Morgan fingerprint density at radius 1 is 1.35 bits per heavy atom. The van der Waals surface area contributed by atoms with Crippen molar-refractivity contribution in [3.8, 4) is 0 Å². The standard InChI is InChI=1S/C16H22N4/c1-13-9-14(2)20(18-13)12-16-6-4-8-19(16)11-15-5-3-7-17-10-15/h3,5,7,9-10,16H,4,6,8,11-12H2,1-2H3/t16-/m1/s1. The van der Waals surface area contributed by atoms with Gasteiger partial charge in [-0.3, -0.25) is 14.6 Å². The fourth-order valence-corrected chi connectivity index (χ4v) is 3.10. The number of hydrogen-bond donors (Lipinski definition) is 0. The number of aryl methyl sites for hydroxylation is 2. The summed E-state index contributed by atoms with van der Waals surface area (Å²) in [6.45, 7) is 7.38. The second-order valence-corrected chi connectivity index (χ2v) is 5.74. The number of rotatable bonds is 4. The van der Waals surface area contributed by atoms with Crippen molar-refractivity contribution in [2.75, 3.05) is 6.54 Å². The van der Waals surface area contributed by atoms with Crippen molar-refractivity contribution in [3.05, 3.63) is 47.5 Å². The lowest BCUT2D eigenvalue weighted by atomic mass is 10.2. The average Bonchev–Trinajstić information content (AvgIpc) is 2.99. The summed E-state index contributed by atoms with van der Waals surface area (Å²) in [6, 6.07) is 6.92. The summed E-state index contributed by atoms with van der Waals surface area (Å²) >= 11 is 0. The Balaban J connectivity index is 1.68. The Hall–Kier alpha value is -1.68. The molecule has 0 unspecified atom stereocenters. The van der Waals surface area contributed by atoms with Crippen molar-refractivity contribution >= 4 is 0 Å². The highest BCUT2D eigenvalue weighted by atomic mass is 15.3. The number of hydrogen-bond acceptors (Lipinski definition) is 3. The number of aromatic nitrogens is 3. The molecule has 0 radical (unpaired) electrons. The summed E-state index contributed by atoms with van der Waals surface area (Å²) in [5.41, 5.74) is 3.67. The highest BCUT2D eigenvalue weighted by molar-refractivity contribution is 5.09. The van der Waals surface area contributed by atoms with Crippen molar-refractivity contribution in [1.82, 2.24) is 19.7 Å². The van der Waals surface area contributed by atoms with Crippen LogP contribution in [-0.4, -0.2) is 32.3 Å². The summed E-state index contributed by atoms with van der Waals surface area (Å²) < 4.78 is 2.15. The molecule has 106 valence electrons. The van der Waals surface area contributed by atoms with E-state index in [0.29, 0.717) is 6.04 Å². The topological polar surface area (TPSA) is 34.0 Å². The van der Waals surface area contributed by atoms with Crippen LogP contribution in [-0.2, 0) is 13.1 Å². The molecule has 1 aliphatic rings. The predicted molar refractivity (Wildman–Crippen MR) is 79.4 cm³/mol. The maximum Gasteiger partial charge on any atom is 0.0596 e. The van der Waals surface area contributed by atoms with Gasteiger partial charge < -0.3 is 0 Å². The quantitative estimate of drug-likeness (QED) is 0.856. The van der Waals surface area contributed by atoms with Crippen molar-refractivity contribution in [2.45, 2.75) is 45.8 Å². The molecular weight excluding hydrogens is 248 g/mol. The van der Waals surface area contributed by atoms with Gasteiger partial charge in [-0.2, -0.15) is 5.10 Å². The van der Waals surface area contributed by atoms with Crippen LogP contribution >= 0.6 is 0 Å². The molecule has 0 bridgehead atoms. The third-order valence-corrected chi connectivity index (χ3v) is 4.09. The Morgan fingerprint density at radius 2 is 2.25 bits per heavy atom. The molecule has 0 N–H and O–H groups in total. The molecule has 4 heteroatoms. The first-order valence-corrected chi connectivity index (χ1v) is 7.36. The minimum absolute atomic E-state index is 0.591. The molecule has 1 aliphatic heterocycles. The maximum absolute atomic E-state index is 4.59. The zero-order valence-electron chi connectivity index (χ0n) is 12.3. The van der Waals surface area contributed by atoms with E-state index in [1.165, 1.54) is 30.6 Å². The molecule has 0 aliphatic carbocycles. The third-order valence-electron chi connectivity index (χ3n) is 4.09. The number of likely N-dealkylation sites (tertiary alicyclic amines) is 1. The van der Waals surface area contributed by atoms with E-state index in [1.54, 1.807) is 0 Å². The fourth-order valence-electron chi connectivity index (χ4n) is 3.10. The van der Waals surface area contributed by atoms with Gasteiger partial charge in [0, 0.05) is 30.7 Å². The van der Waals surface area contributed by atoms with E-state index in [4.69, 9.17) is 0 Å². The Morgan fingerprint density at radius 3 is 2.95 bits per heavy atom. The molecule has 0 spiro atoms. The van der Waals surface area contributed by atoms with Crippen LogP contribution in [0, 0.1) is 13.8 Å². The van der Waals surface area contributed by atoms with Gasteiger partial charge in [0.25, 0.3) is 0 Å². The Bertz CT molecular complexity index is 561. The molecule has 0 saturated carbocycles. The van der Waals surface area contributed by atoms with Crippen molar-refractivity contribution in [2.24, 2.45) is 0 Å². The van der Waals surface area contributed by atoms with E-state index < -0.39 is 0 Å². The average molecular weight is 270 g/mol. The molecule has 1 saturated heterocycles. The monoisotopic (exact) mass is 270 g/mol. The van der Waals surface area contributed by atoms with E-state index in [9.17, 15) is 0 Å². The van der Waals surface area contributed by atoms with Gasteiger partial charge in [-0.25, -0.2) is 0 Å². The van der Waals surface area contributed by atoms with Crippen LogP contribution < -0.4 is 0 Å². The first kappa shape index (κ1) is 13.3. The van der Waals surface area contributed by atoms with Gasteiger partial charge in [-0.1, -0.05) is 6.07 Å². The van der Waals surface area contributed by atoms with Crippen LogP contribution in [0.25, 0.3) is 0 Å². The molecule has 0 amide bonds. The smallest absolute Gasteiger partial charge is 0.0596 e. The third kappa shape index (κ3) is 2.90. The largest absolute Gasteiger partial charge is 0.294 e. The highest BCUT2D eigenvalue weighted by Crippen LogP contribution is 2.21. The second-order valence-electron chi connectivity index (χ2n) is 5.74. The van der Waals surface area contributed by atoms with Crippen LogP contribution in [0.3, 0.4) is 0 Å². The second kappa shape index (κ2) is 5.75. The molecule has 2 aromatic heterocycles. The molecule has 20 heavy (non-hydrogen) atoms. The van der Waals surface area contributed by atoms with Crippen molar-refractivity contribution < 1.29 is 0 Å². The molecule has 4 nitrogen and oxygen atoms in total. The van der Waals surface area contributed by atoms with E-state index in [2.05, 4.69) is 45.6 Å². The summed E-state index contributed by atoms with van der Waals surface area (Å²) in [5, 5.41) is 4.59. The minimum atomic E-state index is 0.591. The SMILES string of the molecule is Cc1cc(C)n(C[C@H]2CCCN2Cc2cccnc2)n1. The zero-order chi connectivity index (χ0) is 13.9. The molecular formula is C16H22N4. The van der Waals surface area contributed by atoms with E-state index >= 15 is 0 Å². The molecule has 3 heterocycles. The number of pyridine rings is 1. The van der Waals surface area contributed by atoms with Crippen LogP contribution in [0.1, 0.15) is 29.8 Å². The van der Waals surface area contributed by atoms with Gasteiger partial charge in [0.05, 0.1) is 12.2 Å². The summed E-state index contributed by atoms with van der Waals surface area (Å²) in [7, 11) is 0. The Kier molecular flexibility index (Phi) is 3.83. The van der Waals surface area contributed by atoms with Crippen LogP contribution in [0.2, 0.25) is 0 Å². The van der Waals surface area contributed by atoms with E-state index in [-0.39, 0.29) is 0 Å². The van der Waals surface area contributed by atoms with Gasteiger partial charge in [-0.15, -0.1) is 0 Å². The molecule has 2 aromatic rings. The van der Waals surface area contributed by atoms with Gasteiger partial charge >= 0.3 is 0 Å². The lowest BCUT2D eigenvalue weighted by Gasteiger charge is -2.24. The zero-order valence-corrected chi connectivity index (χ0v) is 12.3. The first-order chi connectivity index (χ1) is 9.72. The van der Waals surface area contributed by atoms with Gasteiger partial charge in [0.2, 0.25) is 0 Å². The minimum Gasteiger partial charge on any atom is -0.294 e. The predicted octanol–water partition coefficient (Wildman–Crippen LogP) is 2.56. The number of nitrogens with zero attached hydrogens (tertiary/aromatic N) is 4. The first-order valence-electron chi connectivity index (χ1n) is 7.36. The molecule has 3 rings (SSSR count). The van der Waals surface area contributed by atoms with Crippen molar-refractivity contribution in [3.63, 3.8) is 0 Å².